The van der Waals surface area contributed by atoms with E-state index in [1.54, 1.807) is 0 Å². The van der Waals surface area contributed by atoms with Gasteiger partial charge in [0.15, 0.2) is 0 Å². The summed E-state index contributed by atoms with van der Waals surface area (Å²) in [5.41, 5.74) is 3.36. The van der Waals surface area contributed by atoms with Gasteiger partial charge in [-0.15, -0.1) is 0 Å². The van der Waals surface area contributed by atoms with Gasteiger partial charge in [-0.3, -0.25) is 9.59 Å². The Bertz CT molecular complexity index is 1050. The minimum Gasteiger partial charge on any atom is -0.372 e. The molecule has 1 heterocycles. The van der Waals surface area contributed by atoms with Crippen molar-refractivity contribution in [2.75, 3.05) is 35.2 Å². The maximum absolute atomic E-state index is 12.4. The van der Waals surface area contributed by atoms with Crippen LogP contribution in [0.3, 0.4) is 0 Å². The van der Waals surface area contributed by atoms with Crippen LogP contribution >= 0.6 is 0 Å². The third-order valence-electron chi connectivity index (χ3n) is 5.08. The fourth-order valence-electron chi connectivity index (χ4n) is 3.48. The number of carbonyl (C=O) groups is 2. The molecule has 1 aliphatic rings. The van der Waals surface area contributed by atoms with Crippen LogP contribution in [0.2, 0.25) is 0 Å². The summed E-state index contributed by atoms with van der Waals surface area (Å²) in [4.78, 5) is 25.7. The summed E-state index contributed by atoms with van der Waals surface area (Å²) in [5.74, 6) is -0.499. The van der Waals surface area contributed by atoms with E-state index in [1.807, 2.05) is 19.1 Å². The standard InChI is InChI=1S/C22H28N4O4S/c1-16-15-19(26-13-3-4-14-26)7-10-21(16)25-22(28)11-12-23-31(29,30)20-8-5-18(6-9-20)24-17(2)27/h5-10,15,23H,3-4,11-14H2,1-2H3,(H,24,27)(H,25,28). The molecular formula is C22H28N4O4S. The summed E-state index contributed by atoms with van der Waals surface area (Å²) >= 11 is 0. The lowest BCUT2D eigenvalue weighted by Crippen LogP contribution is -2.28. The van der Waals surface area contributed by atoms with Gasteiger partial charge in [-0.25, -0.2) is 13.1 Å². The molecule has 0 aromatic heterocycles. The average molecular weight is 445 g/mol. The number of sulfonamides is 1. The van der Waals surface area contributed by atoms with Crippen LogP contribution in [0.15, 0.2) is 47.4 Å². The van der Waals surface area contributed by atoms with Crippen molar-refractivity contribution in [3.63, 3.8) is 0 Å². The number of hydrogen-bond donors (Lipinski definition) is 3. The Morgan fingerprint density at radius 1 is 1.00 bits per heavy atom. The first-order chi connectivity index (χ1) is 14.7. The van der Waals surface area contributed by atoms with Crippen LogP contribution < -0.4 is 20.3 Å². The molecule has 3 rings (SSSR count). The van der Waals surface area contributed by atoms with Gasteiger partial charge in [-0.2, -0.15) is 0 Å². The predicted molar refractivity (Wildman–Crippen MR) is 122 cm³/mol. The Balaban J connectivity index is 1.50. The van der Waals surface area contributed by atoms with E-state index in [2.05, 4.69) is 26.3 Å². The van der Waals surface area contributed by atoms with Crippen molar-refractivity contribution in [2.24, 2.45) is 0 Å². The van der Waals surface area contributed by atoms with Crippen LogP contribution in [0.4, 0.5) is 17.1 Å². The Morgan fingerprint density at radius 2 is 1.68 bits per heavy atom. The summed E-state index contributed by atoms with van der Waals surface area (Å²) in [7, 11) is -3.75. The summed E-state index contributed by atoms with van der Waals surface area (Å²) < 4.78 is 27.2. The van der Waals surface area contributed by atoms with Gasteiger partial charge in [0.2, 0.25) is 21.8 Å². The largest absolute Gasteiger partial charge is 0.372 e. The van der Waals surface area contributed by atoms with Crippen molar-refractivity contribution in [2.45, 2.75) is 38.0 Å². The quantitative estimate of drug-likeness (QED) is 0.580. The van der Waals surface area contributed by atoms with Crippen molar-refractivity contribution >= 4 is 38.9 Å². The minimum absolute atomic E-state index is 0.0104. The molecule has 0 atom stereocenters. The number of nitrogens with one attached hydrogen (secondary N) is 3. The lowest BCUT2D eigenvalue weighted by atomic mass is 10.1. The van der Waals surface area contributed by atoms with E-state index in [9.17, 15) is 18.0 Å². The number of carbonyl (C=O) groups excluding carboxylic acids is 2. The molecule has 166 valence electrons. The zero-order chi connectivity index (χ0) is 22.4. The Hall–Kier alpha value is -2.91. The highest BCUT2D eigenvalue weighted by Crippen LogP contribution is 2.25. The first-order valence-corrected chi connectivity index (χ1v) is 11.8. The van der Waals surface area contributed by atoms with E-state index in [0.717, 1.165) is 30.0 Å². The molecule has 8 nitrogen and oxygen atoms in total. The third-order valence-corrected chi connectivity index (χ3v) is 6.56. The second kappa shape index (κ2) is 9.93. The summed E-state index contributed by atoms with van der Waals surface area (Å²) in [6, 6.07) is 11.8. The van der Waals surface area contributed by atoms with Crippen LogP contribution in [0, 0.1) is 6.92 Å². The maximum atomic E-state index is 12.4. The number of benzene rings is 2. The van der Waals surface area contributed by atoms with Crippen molar-refractivity contribution in [3.8, 4) is 0 Å². The van der Waals surface area contributed by atoms with Crippen molar-refractivity contribution < 1.29 is 18.0 Å². The zero-order valence-electron chi connectivity index (χ0n) is 17.8. The molecule has 1 fully saturated rings. The lowest BCUT2D eigenvalue weighted by Gasteiger charge is -2.19. The van der Waals surface area contributed by atoms with Gasteiger partial charge >= 0.3 is 0 Å². The van der Waals surface area contributed by atoms with Gasteiger partial charge in [0.1, 0.15) is 0 Å². The summed E-state index contributed by atoms with van der Waals surface area (Å²) in [6.07, 6.45) is 2.41. The molecule has 0 bridgehead atoms. The maximum Gasteiger partial charge on any atom is 0.240 e. The smallest absolute Gasteiger partial charge is 0.240 e. The Morgan fingerprint density at radius 3 is 2.29 bits per heavy atom. The monoisotopic (exact) mass is 444 g/mol. The van der Waals surface area contributed by atoms with Gasteiger partial charge in [0, 0.05) is 50.0 Å². The van der Waals surface area contributed by atoms with Gasteiger partial charge in [0.05, 0.1) is 4.90 Å². The SMILES string of the molecule is CC(=O)Nc1ccc(S(=O)(=O)NCCC(=O)Nc2ccc(N3CCCC3)cc2C)cc1. The summed E-state index contributed by atoms with van der Waals surface area (Å²) in [5, 5.41) is 5.43. The van der Waals surface area contributed by atoms with Gasteiger partial charge in [-0.1, -0.05) is 0 Å². The Kier molecular flexibility index (Phi) is 7.29. The molecule has 2 aromatic rings. The molecule has 0 aliphatic carbocycles. The van der Waals surface area contributed by atoms with Crippen LogP contribution in [0.5, 0.6) is 0 Å². The third kappa shape index (κ3) is 6.28. The predicted octanol–water partition coefficient (Wildman–Crippen LogP) is 2.86. The second-order valence-electron chi connectivity index (χ2n) is 7.59. The van der Waals surface area contributed by atoms with E-state index in [0.29, 0.717) is 5.69 Å². The lowest BCUT2D eigenvalue weighted by molar-refractivity contribution is -0.116. The molecule has 0 unspecified atom stereocenters. The zero-order valence-corrected chi connectivity index (χ0v) is 18.6. The van der Waals surface area contributed by atoms with Crippen LogP contribution in [-0.4, -0.2) is 39.9 Å². The fraction of sp³-hybridized carbons (Fsp3) is 0.364. The highest BCUT2D eigenvalue weighted by Gasteiger charge is 2.16. The minimum atomic E-state index is -3.75. The van der Waals surface area contributed by atoms with Crippen LogP contribution in [0.25, 0.3) is 0 Å². The van der Waals surface area contributed by atoms with Crippen molar-refractivity contribution in [1.82, 2.24) is 4.72 Å². The van der Waals surface area contributed by atoms with Crippen LogP contribution in [-0.2, 0) is 19.6 Å². The number of nitrogens with zero attached hydrogens (tertiary/aromatic N) is 1. The van der Waals surface area contributed by atoms with Gasteiger partial charge < -0.3 is 15.5 Å². The topological polar surface area (TPSA) is 108 Å². The van der Waals surface area contributed by atoms with Crippen molar-refractivity contribution in [1.29, 1.82) is 0 Å². The first kappa shape index (κ1) is 22.8. The highest BCUT2D eigenvalue weighted by molar-refractivity contribution is 7.89. The fourth-order valence-corrected chi connectivity index (χ4v) is 4.51. The molecule has 1 saturated heterocycles. The summed E-state index contributed by atoms with van der Waals surface area (Å²) in [6.45, 7) is 5.41. The molecule has 0 saturated carbocycles. The normalized spacial score (nSPS) is 13.8. The second-order valence-corrected chi connectivity index (χ2v) is 9.36. The van der Waals surface area contributed by atoms with Crippen LogP contribution in [0.1, 0.15) is 31.7 Å². The molecule has 9 heteroatoms. The molecule has 2 amide bonds. The molecule has 0 spiro atoms. The molecule has 1 aliphatic heterocycles. The number of amides is 2. The van der Waals surface area contributed by atoms with Gasteiger partial charge in [0.25, 0.3) is 0 Å². The number of hydrogen-bond acceptors (Lipinski definition) is 5. The molecular weight excluding hydrogens is 416 g/mol. The number of rotatable bonds is 8. The molecule has 0 radical (unpaired) electrons. The van der Waals surface area contributed by atoms with Crippen molar-refractivity contribution in [3.05, 3.63) is 48.0 Å². The van der Waals surface area contributed by atoms with E-state index in [4.69, 9.17) is 0 Å². The van der Waals surface area contributed by atoms with Gasteiger partial charge in [-0.05, 0) is 67.8 Å². The van der Waals surface area contributed by atoms with E-state index >= 15 is 0 Å². The average Bonchev–Trinajstić information content (AvgIpc) is 3.24. The first-order valence-electron chi connectivity index (χ1n) is 10.3. The molecule has 31 heavy (non-hydrogen) atoms. The van der Waals surface area contributed by atoms with E-state index in [1.165, 1.54) is 44.0 Å². The van der Waals surface area contributed by atoms with E-state index in [-0.39, 0.29) is 29.7 Å². The molecule has 2 aromatic carbocycles. The number of anilines is 3. The molecule has 3 N–H and O–H groups in total. The number of aryl methyl sites for hydroxylation is 1. The Labute approximate surface area is 183 Å². The van der Waals surface area contributed by atoms with E-state index < -0.39 is 10.0 Å². The highest BCUT2D eigenvalue weighted by atomic mass is 32.2.